The second kappa shape index (κ2) is 2.63. The molecule has 1 rings (SSSR count). The van der Waals surface area contributed by atoms with Crippen LogP contribution in [0.15, 0.2) is 5.16 Å². The van der Waals surface area contributed by atoms with Crippen molar-refractivity contribution in [1.29, 1.82) is 0 Å². The van der Waals surface area contributed by atoms with E-state index in [2.05, 4.69) is 15.2 Å². The van der Waals surface area contributed by atoms with E-state index in [1.165, 1.54) is 11.8 Å². The minimum atomic E-state index is 0.277. The van der Waals surface area contributed by atoms with Gasteiger partial charge >= 0.3 is 0 Å². The Hall–Kier alpha value is -0.840. The van der Waals surface area contributed by atoms with Crippen LogP contribution in [-0.4, -0.2) is 27.7 Å². The second-order valence-electron chi connectivity index (χ2n) is 1.33. The van der Waals surface area contributed by atoms with Crippen LogP contribution in [-0.2, 0) is 0 Å². The summed E-state index contributed by atoms with van der Waals surface area (Å²) in [5, 5.41) is 6.75. The van der Waals surface area contributed by atoms with E-state index in [-0.39, 0.29) is 5.82 Å². The molecule has 0 radical (unpaired) electrons. The Morgan fingerprint density at radius 1 is 1.78 bits per heavy atom. The Bertz CT molecular complexity index is 209. The number of rotatable bonds is 2. The van der Waals surface area contributed by atoms with Crippen molar-refractivity contribution in [3.8, 4) is 0 Å². The van der Waals surface area contributed by atoms with Gasteiger partial charge in [0.15, 0.2) is 12.1 Å². The summed E-state index contributed by atoms with van der Waals surface area (Å²) in [6.45, 7) is 0. The van der Waals surface area contributed by atoms with E-state index in [4.69, 9.17) is 0 Å². The van der Waals surface area contributed by atoms with E-state index in [1.54, 1.807) is 0 Å². The van der Waals surface area contributed by atoms with E-state index in [1.807, 2.05) is 6.26 Å². The molecule has 1 heterocycles. The summed E-state index contributed by atoms with van der Waals surface area (Å²) in [6.07, 6.45) is 2.48. The number of H-pyrrole nitrogens is 1. The number of nitrogens with one attached hydrogen (secondary N) is 1. The van der Waals surface area contributed by atoms with Crippen molar-refractivity contribution in [1.82, 2.24) is 15.2 Å². The molecule has 0 aliphatic carbocycles. The van der Waals surface area contributed by atoms with Gasteiger partial charge in [0.25, 0.3) is 0 Å². The number of aromatic nitrogens is 3. The van der Waals surface area contributed by atoms with Crippen molar-refractivity contribution in [3.05, 3.63) is 5.82 Å². The fourth-order valence-electron chi connectivity index (χ4n) is 0.402. The van der Waals surface area contributed by atoms with Crippen molar-refractivity contribution in [2.24, 2.45) is 0 Å². The van der Waals surface area contributed by atoms with Gasteiger partial charge in [-0.05, 0) is 6.26 Å². The smallest absolute Gasteiger partial charge is 0.208 e. The van der Waals surface area contributed by atoms with Crippen LogP contribution in [0.4, 0.5) is 0 Å². The summed E-state index contributed by atoms with van der Waals surface area (Å²) >= 11 is 1.39. The standard InChI is InChI=1S/C4H5N3OS/c1-9-4-5-3(2-8)6-7-4/h2H,1H3,(H,5,6,7). The Balaban J connectivity index is 2.86. The van der Waals surface area contributed by atoms with Crippen LogP contribution in [0, 0.1) is 0 Å². The highest BCUT2D eigenvalue weighted by Gasteiger charge is 1.96. The third-order valence-corrected chi connectivity index (χ3v) is 1.32. The Labute approximate surface area is 56.1 Å². The quantitative estimate of drug-likeness (QED) is 0.479. The summed E-state index contributed by atoms with van der Waals surface area (Å²) in [7, 11) is 0. The molecule has 48 valence electrons. The van der Waals surface area contributed by atoms with E-state index < -0.39 is 0 Å². The summed E-state index contributed by atoms with van der Waals surface area (Å²) < 4.78 is 0. The first kappa shape index (κ1) is 6.28. The van der Waals surface area contributed by atoms with Gasteiger partial charge < -0.3 is 0 Å². The SMILES string of the molecule is CSc1n[nH]c(C=O)n1. The molecule has 0 saturated heterocycles. The maximum absolute atomic E-state index is 9.99. The first-order valence-corrected chi connectivity index (χ1v) is 3.51. The molecule has 0 aliphatic heterocycles. The van der Waals surface area contributed by atoms with Gasteiger partial charge in [0, 0.05) is 0 Å². The van der Waals surface area contributed by atoms with Crippen LogP contribution in [0.2, 0.25) is 0 Å². The van der Waals surface area contributed by atoms with Gasteiger partial charge in [-0.25, -0.2) is 0 Å². The van der Waals surface area contributed by atoms with E-state index in [9.17, 15) is 4.79 Å². The number of hydrogen-bond donors (Lipinski definition) is 1. The maximum atomic E-state index is 9.99. The summed E-state index contributed by atoms with van der Waals surface area (Å²) in [5.41, 5.74) is 0. The van der Waals surface area contributed by atoms with Crippen molar-refractivity contribution >= 4 is 18.0 Å². The fraction of sp³-hybridized carbons (Fsp3) is 0.250. The van der Waals surface area contributed by atoms with Gasteiger partial charge in [-0.2, -0.15) is 4.98 Å². The molecule has 9 heavy (non-hydrogen) atoms. The average molecular weight is 143 g/mol. The Kier molecular flexibility index (Phi) is 1.84. The second-order valence-corrected chi connectivity index (χ2v) is 2.10. The molecule has 0 spiro atoms. The Morgan fingerprint density at radius 2 is 2.56 bits per heavy atom. The highest BCUT2D eigenvalue weighted by Crippen LogP contribution is 2.04. The molecule has 1 aromatic rings. The molecule has 0 aliphatic rings. The third-order valence-electron chi connectivity index (χ3n) is 0.776. The van der Waals surface area contributed by atoms with Gasteiger partial charge in [0.1, 0.15) is 0 Å². The lowest BCUT2D eigenvalue weighted by Crippen LogP contribution is -1.79. The number of aldehydes is 1. The minimum Gasteiger partial charge on any atom is -0.294 e. The minimum absolute atomic E-state index is 0.277. The maximum Gasteiger partial charge on any atom is 0.208 e. The summed E-state index contributed by atoms with van der Waals surface area (Å²) in [4.78, 5) is 13.8. The van der Waals surface area contributed by atoms with Gasteiger partial charge in [0.2, 0.25) is 5.16 Å². The molecule has 0 unspecified atom stereocenters. The lowest BCUT2D eigenvalue weighted by Gasteiger charge is -1.75. The zero-order chi connectivity index (χ0) is 6.69. The van der Waals surface area contributed by atoms with Gasteiger partial charge in [-0.15, -0.1) is 5.10 Å². The molecule has 0 amide bonds. The number of carbonyl (C=O) groups is 1. The number of aromatic amines is 1. The van der Waals surface area contributed by atoms with Crippen LogP contribution < -0.4 is 0 Å². The predicted molar refractivity (Wildman–Crippen MR) is 33.6 cm³/mol. The Morgan fingerprint density at radius 3 is 2.89 bits per heavy atom. The van der Waals surface area contributed by atoms with E-state index in [0.717, 1.165) is 0 Å². The van der Waals surface area contributed by atoms with E-state index in [0.29, 0.717) is 11.4 Å². The van der Waals surface area contributed by atoms with Crippen LogP contribution >= 0.6 is 11.8 Å². The number of carbonyl (C=O) groups excluding carboxylic acids is 1. The van der Waals surface area contributed by atoms with E-state index >= 15 is 0 Å². The largest absolute Gasteiger partial charge is 0.294 e. The van der Waals surface area contributed by atoms with Crippen LogP contribution in [0.5, 0.6) is 0 Å². The van der Waals surface area contributed by atoms with Gasteiger partial charge in [-0.1, -0.05) is 11.8 Å². The first-order chi connectivity index (χ1) is 4.36. The highest BCUT2D eigenvalue weighted by atomic mass is 32.2. The van der Waals surface area contributed by atoms with Crippen LogP contribution in [0.3, 0.4) is 0 Å². The van der Waals surface area contributed by atoms with Crippen molar-refractivity contribution in [2.75, 3.05) is 6.26 Å². The number of nitrogens with zero attached hydrogens (tertiary/aromatic N) is 2. The lowest BCUT2D eigenvalue weighted by molar-refractivity contribution is 0.111. The predicted octanol–water partition coefficient (Wildman–Crippen LogP) is 0.339. The molecule has 4 nitrogen and oxygen atoms in total. The fourth-order valence-corrected chi connectivity index (χ4v) is 0.729. The monoisotopic (exact) mass is 143 g/mol. The van der Waals surface area contributed by atoms with Gasteiger partial charge in [0.05, 0.1) is 0 Å². The van der Waals surface area contributed by atoms with Gasteiger partial charge in [-0.3, -0.25) is 9.89 Å². The third kappa shape index (κ3) is 1.29. The average Bonchev–Trinajstić information content (AvgIpc) is 2.34. The van der Waals surface area contributed by atoms with Crippen molar-refractivity contribution < 1.29 is 4.79 Å². The molecular formula is C4H5N3OS. The molecule has 0 fully saturated rings. The molecule has 1 aromatic heterocycles. The molecule has 1 N–H and O–H groups in total. The van der Waals surface area contributed by atoms with Crippen LogP contribution in [0.1, 0.15) is 10.6 Å². The van der Waals surface area contributed by atoms with Crippen molar-refractivity contribution in [2.45, 2.75) is 5.16 Å². The van der Waals surface area contributed by atoms with Crippen molar-refractivity contribution in [3.63, 3.8) is 0 Å². The molecule has 0 atom stereocenters. The molecule has 5 heteroatoms. The number of thioether (sulfide) groups is 1. The molecular weight excluding hydrogens is 138 g/mol. The summed E-state index contributed by atoms with van der Waals surface area (Å²) in [5.74, 6) is 0.277. The van der Waals surface area contributed by atoms with Crippen LogP contribution in [0.25, 0.3) is 0 Å². The lowest BCUT2D eigenvalue weighted by atomic mass is 10.7. The molecule has 0 aromatic carbocycles. The number of hydrogen-bond acceptors (Lipinski definition) is 4. The first-order valence-electron chi connectivity index (χ1n) is 2.28. The zero-order valence-corrected chi connectivity index (χ0v) is 5.60. The summed E-state index contributed by atoms with van der Waals surface area (Å²) in [6, 6.07) is 0. The molecule has 0 bridgehead atoms. The zero-order valence-electron chi connectivity index (χ0n) is 4.79. The molecule has 0 saturated carbocycles. The normalized spacial score (nSPS) is 9.44. The highest BCUT2D eigenvalue weighted by molar-refractivity contribution is 7.98. The topological polar surface area (TPSA) is 58.6 Å².